The number of fused-ring (bicyclic) bond motifs is 1. The van der Waals surface area contributed by atoms with Crippen LogP contribution in [0.4, 0.5) is 11.4 Å². The molecule has 0 spiro atoms. The predicted molar refractivity (Wildman–Crippen MR) is 88.6 cm³/mol. The number of aromatic nitrogens is 3. The van der Waals surface area contributed by atoms with E-state index in [1.807, 2.05) is 78.9 Å². The zero-order valence-corrected chi connectivity index (χ0v) is 11.8. The van der Waals surface area contributed by atoms with Gasteiger partial charge in [-0.3, -0.25) is 0 Å². The highest BCUT2D eigenvalue weighted by Gasteiger charge is 2.04. The van der Waals surface area contributed by atoms with E-state index >= 15 is 0 Å². The molecule has 0 saturated carbocycles. The minimum Gasteiger partial charge on any atom is -0.355 e. The Bertz CT molecular complexity index is 879. The van der Waals surface area contributed by atoms with Gasteiger partial charge in [-0.2, -0.15) is 4.80 Å². The third-order valence-electron chi connectivity index (χ3n) is 3.43. The first kappa shape index (κ1) is 12.6. The Morgan fingerprint density at radius 1 is 0.636 bits per heavy atom. The lowest BCUT2D eigenvalue weighted by Crippen LogP contribution is -1.99. The SMILES string of the molecule is c1ccc(Nc2cccc(-n3nc4ccccc4n3)c2)cc1. The number of benzene rings is 3. The number of anilines is 2. The van der Waals surface area contributed by atoms with Crippen molar-refractivity contribution in [3.63, 3.8) is 0 Å². The van der Waals surface area contributed by atoms with Gasteiger partial charge >= 0.3 is 0 Å². The summed E-state index contributed by atoms with van der Waals surface area (Å²) in [6.45, 7) is 0. The van der Waals surface area contributed by atoms with E-state index in [9.17, 15) is 0 Å². The third-order valence-corrected chi connectivity index (χ3v) is 3.43. The van der Waals surface area contributed by atoms with Gasteiger partial charge < -0.3 is 5.32 Å². The van der Waals surface area contributed by atoms with E-state index in [1.54, 1.807) is 4.80 Å². The van der Waals surface area contributed by atoms with Crippen molar-refractivity contribution in [1.29, 1.82) is 0 Å². The third kappa shape index (κ3) is 2.42. The van der Waals surface area contributed by atoms with Crippen molar-refractivity contribution in [3.8, 4) is 5.69 Å². The Hall–Kier alpha value is -3.14. The average molecular weight is 286 g/mol. The van der Waals surface area contributed by atoms with Gasteiger partial charge in [-0.15, -0.1) is 10.2 Å². The number of nitrogens with one attached hydrogen (secondary N) is 1. The first-order valence-corrected chi connectivity index (χ1v) is 7.13. The van der Waals surface area contributed by atoms with E-state index in [1.165, 1.54) is 0 Å². The average Bonchev–Trinajstić information content (AvgIpc) is 3.00. The van der Waals surface area contributed by atoms with Crippen molar-refractivity contribution in [1.82, 2.24) is 15.0 Å². The lowest BCUT2D eigenvalue weighted by atomic mass is 10.2. The molecule has 0 radical (unpaired) electrons. The summed E-state index contributed by atoms with van der Waals surface area (Å²) < 4.78 is 0. The molecule has 4 nitrogen and oxygen atoms in total. The number of rotatable bonds is 3. The molecule has 3 aromatic carbocycles. The monoisotopic (exact) mass is 286 g/mol. The van der Waals surface area contributed by atoms with Gasteiger partial charge in [0.25, 0.3) is 0 Å². The summed E-state index contributed by atoms with van der Waals surface area (Å²) >= 11 is 0. The van der Waals surface area contributed by atoms with Crippen LogP contribution in [0.3, 0.4) is 0 Å². The van der Waals surface area contributed by atoms with E-state index in [0.717, 1.165) is 28.1 Å². The lowest BCUT2D eigenvalue weighted by molar-refractivity contribution is 0.766. The van der Waals surface area contributed by atoms with Gasteiger partial charge in [0.1, 0.15) is 11.0 Å². The Balaban J connectivity index is 1.69. The zero-order chi connectivity index (χ0) is 14.8. The number of hydrogen-bond donors (Lipinski definition) is 1. The molecular weight excluding hydrogens is 272 g/mol. The second-order valence-corrected chi connectivity index (χ2v) is 5.02. The number of nitrogens with zero attached hydrogens (tertiary/aromatic N) is 3. The smallest absolute Gasteiger partial charge is 0.113 e. The predicted octanol–water partition coefficient (Wildman–Crippen LogP) is 4.16. The fourth-order valence-corrected chi connectivity index (χ4v) is 2.37. The molecule has 4 aromatic rings. The summed E-state index contributed by atoms with van der Waals surface area (Å²) in [5, 5.41) is 12.4. The molecule has 0 amide bonds. The minimum atomic E-state index is 0.893. The Morgan fingerprint density at radius 2 is 1.27 bits per heavy atom. The minimum absolute atomic E-state index is 0.893. The van der Waals surface area contributed by atoms with Gasteiger partial charge in [0.05, 0.1) is 5.69 Å². The van der Waals surface area contributed by atoms with E-state index in [2.05, 4.69) is 15.5 Å². The van der Waals surface area contributed by atoms with E-state index in [-0.39, 0.29) is 0 Å². The molecule has 0 aliphatic carbocycles. The summed E-state index contributed by atoms with van der Waals surface area (Å²) in [5.74, 6) is 0. The molecule has 106 valence electrons. The lowest BCUT2D eigenvalue weighted by Gasteiger charge is -2.07. The summed E-state index contributed by atoms with van der Waals surface area (Å²) in [6, 6.07) is 26.0. The molecule has 4 heteroatoms. The van der Waals surface area contributed by atoms with Crippen LogP contribution in [0, 0.1) is 0 Å². The van der Waals surface area contributed by atoms with Gasteiger partial charge in [-0.25, -0.2) is 0 Å². The fourth-order valence-electron chi connectivity index (χ4n) is 2.37. The summed E-state index contributed by atoms with van der Waals surface area (Å²) in [7, 11) is 0. The summed E-state index contributed by atoms with van der Waals surface area (Å²) in [5.41, 5.74) is 4.77. The highest BCUT2D eigenvalue weighted by molar-refractivity contribution is 5.73. The topological polar surface area (TPSA) is 42.7 Å². The fraction of sp³-hybridized carbons (Fsp3) is 0. The van der Waals surface area contributed by atoms with Gasteiger partial charge in [-0.05, 0) is 42.5 Å². The van der Waals surface area contributed by atoms with Crippen LogP contribution in [0.15, 0.2) is 78.9 Å². The Morgan fingerprint density at radius 3 is 2.00 bits per heavy atom. The van der Waals surface area contributed by atoms with E-state index in [4.69, 9.17) is 0 Å². The van der Waals surface area contributed by atoms with Gasteiger partial charge in [0.2, 0.25) is 0 Å². The van der Waals surface area contributed by atoms with Crippen LogP contribution in [0.1, 0.15) is 0 Å². The first-order valence-electron chi connectivity index (χ1n) is 7.13. The molecule has 1 heterocycles. The highest BCUT2D eigenvalue weighted by atomic mass is 15.5. The molecule has 1 aromatic heterocycles. The van der Waals surface area contributed by atoms with Crippen molar-refractivity contribution in [2.24, 2.45) is 0 Å². The van der Waals surface area contributed by atoms with E-state index in [0.29, 0.717) is 0 Å². The molecular formula is C18H14N4. The second-order valence-electron chi connectivity index (χ2n) is 5.02. The molecule has 0 fully saturated rings. The maximum atomic E-state index is 4.51. The van der Waals surface area contributed by atoms with Crippen LogP contribution in [0.2, 0.25) is 0 Å². The molecule has 0 atom stereocenters. The van der Waals surface area contributed by atoms with Crippen molar-refractivity contribution >= 4 is 22.4 Å². The maximum absolute atomic E-state index is 4.51. The Kier molecular flexibility index (Phi) is 3.05. The van der Waals surface area contributed by atoms with Crippen molar-refractivity contribution in [2.75, 3.05) is 5.32 Å². The second kappa shape index (κ2) is 5.33. The molecule has 22 heavy (non-hydrogen) atoms. The van der Waals surface area contributed by atoms with Gasteiger partial charge in [0, 0.05) is 11.4 Å². The number of hydrogen-bond acceptors (Lipinski definition) is 3. The van der Waals surface area contributed by atoms with Crippen LogP contribution in [0.25, 0.3) is 16.7 Å². The molecule has 4 rings (SSSR count). The van der Waals surface area contributed by atoms with Crippen molar-refractivity contribution in [2.45, 2.75) is 0 Å². The van der Waals surface area contributed by atoms with Crippen LogP contribution in [-0.4, -0.2) is 15.0 Å². The highest BCUT2D eigenvalue weighted by Crippen LogP contribution is 2.19. The summed E-state index contributed by atoms with van der Waals surface area (Å²) in [4.78, 5) is 1.67. The Labute approximate surface area is 128 Å². The van der Waals surface area contributed by atoms with Crippen LogP contribution < -0.4 is 5.32 Å². The molecule has 0 aliphatic heterocycles. The molecule has 0 unspecified atom stereocenters. The van der Waals surface area contributed by atoms with Gasteiger partial charge in [0.15, 0.2) is 0 Å². The maximum Gasteiger partial charge on any atom is 0.113 e. The molecule has 0 saturated heterocycles. The molecule has 1 N–H and O–H groups in total. The molecule has 0 aliphatic rings. The van der Waals surface area contributed by atoms with Crippen molar-refractivity contribution in [3.05, 3.63) is 78.9 Å². The molecule has 0 bridgehead atoms. The normalized spacial score (nSPS) is 10.7. The quantitative estimate of drug-likeness (QED) is 0.615. The summed E-state index contributed by atoms with van der Waals surface area (Å²) in [6.07, 6.45) is 0. The van der Waals surface area contributed by atoms with Crippen LogP contribution >= 0.6 is 0 Å². The van der Waals surface area contributed by atoms with Crippen molar-refractivity contribution < 1.29 is 0 Å². The first-order chi connectivity index (χ1) is 10.9. The largest absolute Gasteiger partial charge is 0.355 e. The zero-order valence-electron chi connectivity index (χ0n) is 11.8. The van der Waals surface area contributed by atoms with Crippen LogP contribution in [0.5, 0.6) is 0 Å². The van der Waals surface area contributed by atoms with E-state index < -0.39 is 0 Å². The van der Waals surface area contributed by atoms with Crippen LogP contribution in [-0.2, 0) is 0 Å². The number of para-hydroxylation sites is 1. The van der Waals surface area contributed by atoms with Gasteiger partial charge in [-0.1, -0.05) is 36.4 Å². The standard InChI is InChI=1S/C18H14N4/c1-2-7-14(8-3-1)19-15-9-6-10-16(13-15)22-20-17-11-4-5-12-18(17)21-22/h1-13,19H.